The van der Waals surface area contributed by atoms with Gasteiger partial charge in [-0.05, 0) is 24.5 Å². The minimum atomic E-state index is -1.13. The summed E-state index contributed by atoms with van der Waals surface area (Å²) in [4.78, 5) is 48.6. The zero-order valence-electron chi connectivity index (χ0n) is 16.5. The van der Waals surface area contributed by atoms with E-state index >= 15 is 0 Å². The Bertz CT molecular complexity index is 717. The SMILES string of the molecule is CC(C)C[C@H](NC(=O)CNC(=O)c1ccccc1OCC(=O)N(C)C)C(=O)O. The Hall–Kier alpha value is -3.10. The fraction of sp³-hybridized carbons (Fsp3) is 0.474. The molecule has 1 rings (SSSR count). The Morgan fingerprint density at radius 2 is 1.79 bits per heavy atom. The first-order valence-electron chi connectivity index (χ1n) is 8.84. The molecule has 154 valence electrons. The van der Waals surface area contributed by atoms with Crippen molar-refractivity contribution in [3.63, 3.8) is 0 Å². The maximum absolute atomic E-state index is 12.4. The van der Waals surface area contributed by atoms with Gasteiger partial charge in [-0.3, -0.25) is 14.4 Å². The first-order chi connectivity index (χ1) is 13.1. The molecule has 0 heterocycles. The molecule has 3 amide bonds. The fourth-order valence-electron chi connectivity index (χ4n) is 2.24. The van der Waals surface area contributed by atoms with E-state index in [1.807, 2.05) is 13.8 Å². The van der Waals surface area contributed by atoms with Crippen LogP contribution < -0.4 is 15.4 Å². The Balaban J connectivity index is 2.66. The largest absolute Gasteiger partial charge is 0.483 e. The predicted octanol–water partition coefficient (Wildman–Crippen LogP) is 0.499. The second kappa shape index (κ2) is 10.9. The van der Waals surface area contributed by atoms with Crippen molar-refractivity contribution in [1.82, 2.24) is 15.5 Å². The van der Waals surface area contributed by atoms with Crippen molar-refractivity contribution in [2.45, 2.75) is 26.3 Å². The van der Waals surface area contributed by atoms with Gasteiger partial charge in [0.1, 0.15) is 11.8 Å². The third-order valence-corrected chi connectivity index (χ3v) is 3.73. The molecule has 3 N–H and O–H groups in total. The van der Waals surface area contributed by atoms with Crippen molar-refractivity contribution in [3.05, 3.63) is 29.8 Å². The minimum absolute atomic E-state index is 0.0879. The van der Waals surface area contributed by atoms with Crippen molar-refractivity contribution >= 4 is 23.7 Å². The lowest BCUT2D eigenvalue weighted by atomic mass is 10.0. The van der Waals surface area contributed by atoms with Crippen LogP contribution >= 0.6 is 0 Å². The molecular weight excluding hydrogens is 366 g/mol. The summed E-state index contributed by atoms with van der Waals surface area (Å²) in [5.74, 6) is -2.28. The molecule has 0 aliphatic heterocycles. The standard InChI is InChI=1S/C19H27N3O6/c1-12(2)9-14(19(26)27)21-16(23)10-20-18(25)13-7-5-6-8-15(13)28-11-17(24)22(3)4/h5-8,12,14H,9-11H2,1-4H3,(H,20,25)(H,21,23)(H,26,27)/t14-/m0/s1. The number of nitrogens with one attached hydrogen (secondary N) is 2. The molecule has 0 aliphatic rings. The summed E-state index contributed by atoms with van der Waals surface area (Å²) < 4.78 is 5.40. The molecule has 0 fully saturated rings. The normalized spacial score (nSPS) is 11.5. The first kappa shape index (κ1) is 22.9. The van der Waals surface area contributed by atoms with Gasteiger partial charge >= 0.3 is 5.97 Å². The zero-order valence-corrected chi connectivity index (χ0v) is 16.5. The number of likely N-dealkylation sites (N-methyl/N-ethyl adjacent to an activating group) is 1. The van der Waals surface area contributed by atoms with Gasteiger partial charge in [0, 0.05) is 14.1 Å². The molecule has 0 radical (unpaired) electrons. The monoisotopic (exact) mass is 393 g/mol. The van der Waals surface area contributed by atoms with Crippen LogP contribution in [-0.4, -0.2) is 67.0 Å². The molecule has 0 spiro atoms. The summed E-state index contributed by atoms with van der Waals surface area (Å²) >= 11 is 0. The highest BCUT2D eigenvalue weighted by atomic mass is 16.5. The summed E-state index contributed by atoms with van der Waals surface area (Å²) in [5.41, 5.74) is 0.166. The van der Waals surface area contributed by atoms with E-state index in [4.69, 9.17) is 9.84 Å². The van der Waals surface area contributed by atoms with Crippen molar-refractivity contribution < 1.29 is 29.0 Å². The highest BCUT2D eigenvalue weighted by Crippen LogP contribution is 2.17. The van der Waals surface area contributed by atoms with Gasteiger partial charge in [-0.2, -0.15) is 0 Å². The third-order valence-electron chi connectivity index (χ3n) is 3.73. The van der Waals surface area contributed by atoms with Crippen LogP contribution in [0.5, 0.6) is 5.75 Å². The number of carbonyl (C=O) groups excluding carboxylic acids is 3. The Kier molecular flexibility index (Phi) is 8.94. The van der Waals surface area contributed by atoms with Crippen molar-refractivity contribution in [1.29, 1.82) is 0 Å². The molecule has 0 unspecified atom stereocenters. The Labute approximate surface area is 164 Å². The van der Waals surface area contributed by atoms with Gasteiger partial charge < -0.3 is 25.4 Å². The highest BCUT2D eigenvalue weighted by molar-refractivity contribution is 5.99. The number of rotatable bonds is 10. The van der Waals surface area contributed by atoms with Crippen LogP contribution in [0.15, 0.2) is 24.3 Å². The maximum Gasteiger partial charge on any atom is 0.326 e. The predicted molar refractivity (Wildman–Crippen MR) is 102 cm³/mol. The van der Waals surface area contributed by atoms with E-state index in [9.17, 15) is 19.2 Å². The molecular formula is C19H27N3O6. The fourth-order valence-corrected chi connectivity index (χ4v) is 2.24. The van der Waals surface area contributed by atoms with Gasteiger partial charge in [0.25, 0.3) is 11.8 Å². The van der Waals surface area contributed by atoms with Crippen molar-refractivity contribution in [3.8, 4) is 5.75 Å². The van der Waals surface area contributed by atoms with Gasteiger partial charge in [-0.15, -0.1) is 0 Å². The van der Waals surface area contributed by atoms with Crippen molar-refractivity contribution in [2.24, 2.45) is 5.92 Å². The van der Waals surface area contributed by atoms with E-state index in [-0.39, 0.29) is 42.7 Å². The zero-order chi connectivity index (χ0) is 21.3. The number of para-hydroxylation sites is 1. The number of carboxylic acid groups (broad SMARTS) is 1. The number of hydrogen-bond donors (Lipinski definition) is 3. The first-order valence-corrected chi connectivity index (χ1v) is 8.84. The topological polar surface area (TPSA) is 125 Å². The summed E-state index contributed by atoms with van der Waals surface area (Å²) in [6.45, 7) is 3.09. The van der Waals surface area contributed by atoms with Crippen LogP contribution in [0.25, 0.3) is 0 Å². The number of carbonyl (C=O) groups is 4. The van der Waals surface area contributed by atoms with Gasteiger partial charge in [0.15, 0.2) is 6.61 Å². The number of ether oxygens (including phenoxy) is 1. The van der Waals surface area contributed by atoms with Crippen LogP contribution in [-0.2, 0) is 14.4 Å². The maximum atomic E-state index is 12.4. The molecule has 1 aromatic rings. The highest BCUT2D eigenvalue weighted by Gasteiger charge is 2.21. The molecule has 1 atom stereocenters. The van der Waals surface area contributed by atoms with E-state index < -0.39 is 23.8 Å². The number of nitrogens with zero attached hydrogens (tertiary/aromatic N) is 1. The molecule has 0 saturated carbocycles. The lowest BCUT2D eigenvalue weighted by molar-refractivity contribution is -0.142. The molecule has 9 nitrogen and oxygen atoms in total. The number of carboxylic acids is 1. The van der Waals surface area contributed by atoms with Gasteiger partial charge in [0.2, 0.25) is 5.91 Å². The van der Waals surface area contributed by atoms with E-state index in [0.29, 0.717) is 0 Å². The summed E-state index contributed by atoms with van der Waals surface area (Å²) in [5, 5.41) is 14.0. The van der Waals surface area contributed by atoms with E-state index in [1.54, 1.807) is 32.3 Å². The Morgan fingerprint density at radius 3 is 2.36 bits per heavy atom. The van der Waals surface area contributed by atoms with Crippen LogP contribution in [0, 0.1) is 5.92 Å². The quantitative estimate of drug-likeness (QED) is 0.532. The van der Waals surface area contributed by atoms with Gasteiger partial charge in [-0.1, -0.05) is 26.0 Å². The molecule has 1 aromatic carbocycles. The van der Waals surface area contributed by atoms with Gasteiger partial charge in [-0.25, -0.2) is 4.79 Å². The lowest BCUT2D eigenvalue weighted by Crippen LogP contribution is -2.46. The van der Waals surface area contributed by atoms with Crippen LogP contribution in [0.1, 0.15) is 30.6 Å². The average Bonchev–Trinajstić information content (AvgIpc) is 2.63. The third kappa shape index (κ3) is 7.65. The molecule has 0 aliphatic carbocycles. The second-order valence-electron chi connectivity index (χ2n) is 6.84. The Morgan fingerprint density at radius 1 is 1.14 bits per heavy atom. The number of hydrogen-bond acceptors (Lipinski definition) is 5. The summed E-state index contributed by atoms with van der Waals surface area (Å²) in [6.07, 6.45) is 0.283. The van der Waals surface area contributed by atoms with E-state index in [0.717, 1.165) is 0 Å². The number of benzene rings is 1. The molecule has 9 heteroatoms. The summed E-state index contributed by atoms with van der Waals surface area (Å²) in [7, 11) is 3.18. The van der Waals surface area contributed by atoms with E-state index in [1.165, 1.54) is 11.0 Å². The van der Waals surface area contributed by atoms with Crippen LogP contribution in [0.4, 0.5) is 0 Å². The smallest absolute Gasteiger partial charge is 0.326 e. The van der Waals surface area contributed by atoms with Crippen molar-refractivity contribution in [2.75, 3.05) is 27.2 Å². The molecule has 0 bridgehead atoms. The summed E-state index contributed by atoms with van der Waals surface area (Å²) in [6, 6.07) is 5.31. The van der Waals surface area contributed by atoms with Crippen LogP contribution in [0.3, 0.4) is 0 Å². The average molecular weight is 393 g/mol. The molecule has 0 saturated heterocycles. The van der Waals surface area contributed by atoms with Crippen LogP contribution in [0.2, 0.25) is 0 Å². The second-order valence-corrected chi connectivity index (χ2v) is 6.84. The van der Waals surface area contributed by atoms with Gasteiger partial charge in [0.05, 0.1) is 12.1 Å². The minimum Gasteiger partial charge on any atom is -0.483 e. The lowest BCUT2D eigenvalue weighted by Gasteiger charge is -2.17. The van der Waals surface area contributed by atoms with E-state index in [2.05, 4.69) is 10.6 Å². The molecule has 0 aromatic heterocycles. The number of amides is 3. The number of aliphatic carboxylic acids is 1. The molecule has 28 heavy (non-hydrogen) atoms.